The predicted molar refractivity (Wildman–Crippen MR) is 71.1 cm³/mol. The molecule has 3 atom stereocenters. The highest BCUT2D eigenvalue weighted by Gasteiger charge is 2.30. The number of phenols is 1. The van der Waals surface area contributed by atoms with Crippen molar-refractivity contribution in [2.45, 2.75) is 58.2 Å². The van der Waals surface area contributed by atoms with Gasteiger partial charge in [0, 0.05) is 23.7 Å². The van der Waals surface area contributed by atoms with Crippen LogP contribution in [-0.2, 0) is 0 Å². The maximum absolute atomic E-state index is 9.96. The van der Waals surface area contributed by atoms with Gasteiger partial charge < -0.3 is 5.11 Å². The summed E-state index contributed by atoms with van der Waals surface area (Å²) in [6.07, 6.45) is 3.86. The zero-order chi connectivity index (χ0) is 12.4. The second kappa shape index (κ2) is 5.09. The third-order valence-corrected chi connectivity index (χ3v) is 4.10. The monoisotopic (exact) mass is 233 g/mol. The number of piperidine rings is 1. The molecule has 0 aromatic heterocycles. The van der Waals surface area contributed by atoms with Crippen LogP contribution in [0.4, 0.5) is 0 Å². The van der Waals surface area contributed by atoms with Crippen molar-refractivity contribution >= 4 is 0 Å². The molecule has 0 radical (unpaired) electrons. The average molecular weight is 233 g/mol. The van der Waals surface area contributed by atoms with Crippen molar-refractivity contribution in [3.8, 4) is 5.75 Å². The number of para-hydroxylation sites is 1. The first kappa shape index (κ1) is 12.4. The van der Waals surface area contributed by atoms with E-state index in [1.54, 1.807) is 6.07 Å². The van der Waals surface area contributed by atoms with Gasteiger partial charge in [0.05, 0.1) is 0 Å². The fourth-order valence-corrected chi connectivity index (χ4v) is 3.21. The summed E-state index contributed by atoms with van der Waals surface area (Å²) < 4.78 is 0. The van der Waals surface area contributed by atoms with E-state index in [1.807, 2.05) is 18.2 Å². The quantitative estimate of drug-likeness (QED) is 0.841. The molecule has 0 spiro atoms. The molecule has 17 heavy (non-hydrogen) atoms. The van der Waals surface area contributed by atoms with E-state index < -0.39 is 0 Å². The maximum Gasteiger partial charge on any atom is 0.120 e. The maximum atomic E-state index is 9.96. The van der Waals surface area contributed by atoms with Crippen LogP contribution in [0.1, 0.15) is 51.6 Å². The van der Waals surface area contributed by atoms with E-state index in [1.165, 1.54) is 19.3 Å². The molecule has 0 saturated carbocycles. The van der Waals surface area contributed by atoms with Crippen LogP contribution in [0.5, 0.6) is 5.75 Å². The lowest BCUT2D eigenvalue weighted by atomic mass is 9.93. The van der Waals surface area contributed by atoms with Crippen LogP contribution >= 0.6 is 0 Å². The molecule has 3 unspecified atom stereocenters. The van der Waals surface area contributed by atoms with Gasteiger partial charge in [0.25, 0.3) is 0 Å². The van der Waals surface area contributed by atoms with E-state index in [-0.39, 0.29) is 0 Å². The Hall–Kier alpha value is -1.02. The second-order valence-corrected chi connectivity index (χ2v) is 5.31. The fraction of sp³-hybridized carbons (Fsp3) is 0.600. The summed E-state index contributed by atoms with van der Waals surface area (Å²) in [5.74, 6) is 0.421. The molecule has 1 aliphatic rings. The Kier molecular flexibility index (Phi) is 3.72. The summed E-state index contributed by atoms with van der Waals surface area (Å²) in [5, 5.41) is 9.96. The Labute approximate surface area is 104 Å². The molecule has 0 bridgehead atoms. The number of phenolic OH excluding ortho intramolecular Hbond substituents is 1. The van der Waals surface area contributed by atoms with Crippen molar-refractivity contribution in [1.82, 2.24) is 4.90 Å². The lowest BCUT2D eigenvalue weighted by molar-refractivity contribution is 0.0613. The summed E-state index contributed by atoms with van der Waals surface area (Å²) >= 11 is 0. The molecule has 1 aliphatic heterocycles. The zero-order valence-corrected chi connectivity index (χ0v) is 11.1. The van der Waals surface area contributed by atoms with E-state index in [0.717, 1.165) is 5.56 Å². The molecular weight excluding hydrogens is 210 g/mol. The third kappa shape index (κ3) is 2.47. The summed E-state index contributed by atoms with van der Waals surface area (Å²) in [7, 11) is 0. The standard InChI is InChI=1S/C15H23NO/c1-11-7-6-8-12(2)16(11)13(3)14-9-4-5-10-15(14)17/h4-5,9-13,17H,6-8H2,1-3H3. The Morgan fingerprint density at radius 1 is 1.18 bits per heavy atom. The molecule has 1 heterocycles. The third-order valence-electron chi connectivity index (χ3n) is 4.10. The minimum atomic E-state index is 0.293. The zero-order valence-electron chi connectivity index (χ0n) is 11.1. The van der Waals surface area contributed by atoms with Gasteiger partial charge in [0.15, 0.2) is 0 Å². The van der Waals surface area contributed by atoms with Gasteiger partial charge >= 0.3 is 0 Å². The second-order valence-electron chi connectivity index (χ2n) is 5.31. The van der Waals surface area contributed by atoms with Crippen LogP contribution < -0.4 is 0 Å². The van der Waals surface area contributed by atoms with Gasteiger partial charge in [-0.15, -0.1) is 0 Å². The lowest BCUT2D eigenvalue weighted by Crippen LogP contribution is -2.45. The summed E-state index contributed by atoms with van der Waals surface area (Å²) in [5.41, 5.74) is 1.05. The molecule has 1 aromatic rings. The van der Waals surface area contributed by atoms with Crippen LogP contribution in [0.2, 0.25) is 0 Å². The SMILES string of the molecule is CC1CCCC(C)N1C(C)c1ccccc1O. The summed E-state index contributed by atoms with van der Waals surface area (Å²) in [4.78, 5) is 2.54. The minimum absolute atomic E-state index is 0.293. The smallest absolute Gasteiger partial charge is 0.120 e. The van der Waals surface area contributed by atoms with Gasteiger partial charge in [0.2, 0.25) is 0 Å². The van der Waals surface area contributed by atoms with Crippen LogP contribution in [0.3, 0.4) is 0 Å². The van der Waals surface area contributed by atoms with Crippen molar-refractivity contribution in [2.24, 2.45) is 0 Å². The fourth-order valence-electron chi connectivity index (χ4n) is 3.21. The highest BCUT2D eigenvalue weighted by atomic mass is 16.3. The predicted octanol–water partition coefficient (Wildman–Crippen LogP) is 3.72. The minimum Gasteiger partial charge on any atom is -0.508 e. The van der Waals surface area contributed by atoms with Crippen molar-refractivity contribution in [3.63, 3.8) is 0 Å². The van der Waals surface area contributed by atoms with E-state index >= 15 is 0 Å². The number of rotatable bonds is 2. The number of hydrogen-bond acceptors (Lipinski definition) is 2. The normalized spacial score (nSPS) is 27.9. The topological polar surface area (TPSA) is 23.5 Å². The molecule has 2 nitrogen and oxygen atoms in total. The van der Waals surface area contributed by atoms with Crippen molar-refractivity contribution in [2.75, 3.05) is 0 Å². The van der Waals surface area contributed by atoms with Gasteiger partial charge in [-0.3, -0.25) is 4.90 Å². The molecule has 0 aliphatic carbocycles. The van der Waals surface area contributed by atoms with Crippen molar-refractivity contribution < 1.29 is 5.11 Å². The highest BCUT2D eigenvalue weighted by molar-refractivity contribution is 5.34. The van der Waals surface area contributed by atoms with Gasteiger partial charge in [-0.05, 0) is 39.7 Å². The Morgan fingerprint density at radius 3 is 2.35 bits per heavy atom. The van der Waals surface area contributed by atoms with E-state index in [4.69, 9.17) is 0 Å². The van der Waals surface area contributed by atoms with Gasteiger partial charge in [-0.1, -0.05) is 24.6 Å². The largest absolute Gasteiger partial charge is 0.508 e. The molecule has 1 N–H and O–H groups in total. The molecular formula is C15H23NO. The van der Waals surface area contributed by atoms with Crippen molar-refractivity contribution in [1.29, 1.82) is 0 Å². The highest BCUT2D eigenvalue weighted by Crippen LogP contribution is 2.35. The summed E-state index contributed by atoms with van der Waals surface area (Å²) in [6.45, 7) is 6.80. The molecule has 1 saturated heterocycles. The number of likely N-dealkylation sites (tertiary alicyclic amines) is 1. The first-order valence-corrected chi connectivity index (χ1v) is 6.66. The van der Waals surface area contributed by atoms with Crippen LogP contribution in [-0.4, -0.2) is 22.1 Å². The number of nitrogens with zero attached hydrogens (tertiary/aromatic N) is 1. The van der Waals surface area contributed by atoms with Gasteiger partial charge in [-0.2, -0.15) is 0 Å². The van der Waals surface area contributed by atoms with Crippen molar-refractivity contribution in [3.05, 3.63) is 29.8 Å². The van der Waals surface area contributed by atoms with Crippen LogP contribution in [0, 0.1) is 0 Å². The van der Waals surface area contributed by atoms with Crippen LogP contribution in [0.25, 0.3) is 0 Å². The first-order chi connectivity index (χ1) is 8.11. The molecule has 1 fully saturated rings. The molecule has 94 valence electrons. The molecule has 0 amide bonds. The van der Waals surface area contributed by atoms with E-state index in [9.17, 15) is 5.11 Å². The van der Waals surface area contributed by atoms with Gasteiger partial charge in [0.1, 0.15) is 5.75 Å². The van der Waals surface area contributed by atoms with E-state index in [2.05, 4.69) is 25.7 Å². The average Bonchev–Trinajstić information content (AvgIpc) is 2.29. The number of benzene rings is 1. The molecule has 2 heteroatoms. The van der Waals surface area contributed by atoms with E-state index in [0.29, 0.717) is 23.9 Å². The summed E-state index contributed by atoms with van der Waals surface area (Å²) in [6, 6.07) is 9.21. The van der Waals surface area contributed by atoms with Gasteiger partial charge in [-0.25, -0.2) is 0 Å². The Morgan fingerprint density at radius 2 is 1.76 bits per heavy atom. The Bertz CT molecular complexity index is 367. The molecule has 1 aromatic carbocycles. The first-order valence-electron chi connectivity index (χ1n) is 6.66. The number of hydrogen-bond donors (Lipinski definition) is 1. The Balaban J connectivity index is 2.24. The molecule has 2 rings (SSSR count). The lowest BCUT2D eigenvalue weighted by Gasteiger charge is -2.43. The van der Waals surface area contributed by atoms with Crippen LogP contribution in [0.15, 0.2) is 24.3 Å². The number of aromatic hydroxyl groups is 1.